The number of hydrogen-bond donors (Lipinski definition) is 0. The van der Waals surface area contributed by atoms with Crippen LogP contribution in [-0.4, -0.2) is 4.98 Å². The number of pyridine rings is 1. The largest absolute Gasteiger partial charge is 0.256 e. The molecule has 0 N–H and O–H groups in total. The lowest BCUT2D eigenvalue weighted by molar-refractivity contribution is 0.925. The highest BCUT2D eigenvalue weighted by Crippen LogP contribution is 2.38. The third-order valence-electron chi connectivity index (χ3n) is 6.08. The smallest absolute Gasteiger partial charge is 0.0780 e. The Labute approximate surface area is 170 Å². The molecule has 0 atom stereocenters. The molecule has 0 aliphatic heterocycles. The van der Waals surface area contributed by atoms with Gasteiger partial charge in [0.15, 0.2) is 0 Å². The van der Waals surface area contributed by atoms with Crippen LogP contribution >= 0.6 is 0 Å². The molecule has 1 aromatic heterocycles. The molecule has 29 heavy (non-hydrogen) atoms. The van der Waals surface area contributed by atoms with E-state index in [-0.39, 0.29) is 0 Å². The summed E-state index contributed by atoms with van der Waals surface area (Å²) < 4.78 is 0. The van der Waals surface area contributed by atoms with Gasteiger partial charge in [-0.15, -0.1) is 0 Å². The van der Waals surface area contributed by atoms with Crippen LogP contribution in [-0.2, 0) is 6.42 Å². The second-order valence-electron chi connectivity index (χ2n) is 7.98. The lowest BCUT2D eigenvalue weighted by Crippen LogP contribution is -1.90. The zero-order valence-corrected chi connectivity index (χ0v) is 16.4. The van der Waals surface area contributed by atoms with Gasteiger partial charge in [-0.3, -0.25) is 4.98 Å². The number of rotatable bonds is 3. The van der Waals surface area contributed by atoms with E-state index >= 15 is 0 Å². The van der Waals surface area contributed by atoms with Gasteiger partial charge in [-0.1, -0.05) is 74.0 Å². The molecule has 6 rings (SSSR count). The molecular formula is C28H21N. The van der Waals surface area contributed by atoms with E-state index in [2.05, 4.69) is 85.8 Å². The van der Waals surface area contributed by atoms with E-state index in [4.69, 9.17) is 4.98 Å². The van der Waals surface area contributed by atoms with Gasteiger partial charge in [-0.25, -0.2) is 0 Å². The monoisotopic (exact) mass is 371 g/mol. The van der Waals surface area contributed by atoms with Gasteiger partial charge in [-0.05, 0) is 67.9 Å². The molecule has 0 fully saturated rings. The fourth-order valence-corrected chi connectivity index (χ4v) is 4.82. The summed E-state index contributed by atoms with van der Waals surface area (Å²) in [6.07, 6.45) is 4.22. The minimum atomic E-state index is 1.05. The van der Waals surface area contributed by atoms with Crippen molar-refractivity contribution in [1.82, 2.24) is 4.98 Å². The van der Waals surface area contributed by atoms with Crippen molar-refractivity contribution in [2.45, 2.75) is 19.8 Å². The van der Waals surface area contributed by atoms with E-state index in [1.165, 1.54) is 60.6 Å². The lowest BCUT2D eigenvalue weighted by Gasteiger charge is -2.14. The number of hydrogen-bond acceptors (Lipinski definition) is 1. The summed E-state index contributed by atoms with van der Waals surface area (Å²) in [6.45, 7) is 2.24. The van der Waals surface area contributed by atoms with Gasteiger partial charge in [-0.2, -0.15) is 0 Å². The van der Waals surface area contributed by atoms with Gasteiger partial charge < -0.3 is 0 Å². The van der Waals surface area contributed by atoms with E-state index in [0.29, 0.717) is 0 Å². The first kappa shape index (κ1) is 16.5. The van der Waals surface area contributed by atoms with Gasteiger partial charge in [0.25, 0.3) is 0 Å². The predicted molar refractivity (Wildman–Crippen MR) is 125 cm³/mol. The Bertz CT molecular complexity index is 1440. The number of aryl methyl sites for hydroxylation is 1. The maximum atomic E-state index is 4.75. The molecule has 0 aliphatic carbocycles. The molecule has 1 nitrogen and oxygen atoms in total. The molecule has 5 aromatic carbocycles. The summed E-state index contributed by atoms with van der Waals surface area (Å²) in [5.41, 5.74) is 3.66. The van der Waals surface area contributed by atoms with Crippen molar-refractivity contribution in [3.8, 4) is 11.3 Å². The van der Waals surface area contributed by atoms with Gasteiger partial charge >= 0.3 is 0 Å². The fraction of sp³-hybridized carbons (Fsp3) is 0.107. The van der Waals surface area contributed by atoms with Crippen molar-refractivity contribution in [3.63, 3.8) is 0 Å². The highest BCUT2D eigenvalue weighted by atomic mass is 14.7. The average Bonchev–Trinajstić information content (AvgIpc) is 2.77. The Hall–Kier alpha value is -3.45. The number of nitrogens with zero attached hydrogens (tertiary/aromatic N) is 1. The number of fused-ring (bicyclic) bond motifs is 1. The molecule has 0 aliphatic rings. The van der Waals surface area contributed by atoms with Crippen molar-refractivity contribution in [3.05, 3.63) is 90.6 Å². The predicted octanol–water partition coefficient (Wildman–Crippen LogP) is 7.75. The van der Waals surface area contributed by atoms with Gasteiger partial charge in [0.05, 0.1) is 5.69 Å². The Morgan fingerprint density at radius 1 is 0.655 bits per heavy atom. The third kappa shape index (κ3) is 2.51. The van der Waals surface area contributed by atoms with E-state index in [9.17, 15) is 0 Å². The molecule has 1 heteroatoms. The summed E-state index contributed by atoms with van der Waals surface area (Å²) >= 11 is 0. The maximum Gasteiger partial charge on any atom is 0.0780 e. The molecule has 0 spiro atoms. The zero-order valence-electron chi connectivity index (χ0n) is 16.4. The summed E-state index contributed by atoms with van der Waals surface area (Å²) in [5.74, 6) is 0. The Morgan fingerprint density at radius 2 is 1.28 bits per heavy atom. The Morgan fingerprint density at radius 3 is 1.93 bits per heavy atom. The summed E-state index contributed by atoms with van der Waals surface area (Å²) in [4.78, 5) is 4.75. The molecule has 0 radical (unpaired) electrons. The van der Waals surface area contributed by atoms with Gasteiger partial charge in [0.2, 0.25) is 0 Å². The minimum absolute atomic E-state index is 1.05. The summed E-state index contributed by atoms with van der Waals surface area (Å²) in [7, 11) is 0. The van der Waals surface area contributed by atoms with E-state index in [1.54, 1.807) is 0 Å². The highest BCUT2D eigenvalue weighted by Gasteiger charge is 2.13. The van der Waals surface area contributed by atoms with Crippen LogP contribution in [0.4, 0.5) is 0 Å². The number of benzene rings is 5. The summed E-state index contributed by atoms with van der Waals surface area (Å²) in [5, 5.41) is 10.4. The zero-order chi connectivity index (χ0) is 19.4. The topological polar surface area (TPSA) is 12.9 Å². The molecule has 0 saturated heterocycles. The molecular weight excluding hydrogens is 350 g/mol. The quantitative estimate of drug-likeness (QED) is 0.290. The normalized spacial score (nSPS) is 11.9. The van der Waals surface area contributed by atoms with Crippen LogP contribution in [0.15, 0.2) is 85.1 Å². The van der Waals surface area contributed by atoms with Crippen LogP contribution in [0.25, 0.3) is 54.3 Å². The van der Waals surface area contributed by atoms with Crippen LogP contribution in [0.5, 0.6) is 0 Å². The molecule has 0 saturated carbocycles. The maximum absolute atomic E-state index is 4.75. The van der Waals surface area contributed by atoms with Crippen LogP contribution < -0.4 is 0 Å². The molecule has 0 unspecified atom stereocenters. The standard InChI is InChI=1S/C28H21N/c1-2-5-18-14-20-8-10-22-16-24(17-23-11-9-21(15-18)26(20)27(22)23)28-25-7-4-3-6-19(25)12-13-29-28/h3-4,6-17H,2,5H2,1H3. The molecule has 6 aromatic rings. The van der Waals surface area contributed by atoms with Gasteiger partial charge in [0, 0.05) is 17.1 Å². The van der Waals surface area contributed by atoms with Crippen molar-refractivity contribution < 1.29 is 0 Å². The molecule has 1 heterocycles. The number of aromatic nitrogens is 1. The van der Waals surface area contributed by atoms with Crippen molar-refractivity contribution >= 4 is 43.1 Å². The third-order valence-corrected chi connectivity index (χ3v) is 6.08. The van der Waals surface area contributed by atoms with E-state index < -0.39 is 0 Å². The first-order valence-corrected chi connectivity index (χ1v) is 10.4. The van der Waals surface area contributed by atoms with Crippen LogP contribution in [0.2, 0.25) is 0 Å². The molecule has 0 bridgehead atoms. The second kappa shape index (κ2) is 6.28. The van der Waals surface area contributed by atoms with E-state index in [1.807, 2.05) is 6.20 Å². The van der Waals surface area contributed by atoms with Crippen LogP contribution in [0.1, 0.15) is 18.9 Å². The second-order valence-corrected chi connectivity index (χ2v) is 7.98. The lowest BCUT2D eigenvalue weighted by atomic mass is 9.90. The average molecular weight is 371 g/mol. The SMILES string of the molecule is CCCc1cc2ccc3cc(-c4nccc5ccccc45)cc4ccc(c1)c2c34. The first-order chi connectivity index (χ1) is 14.3. The van der Waals surface area contributed by atoms with E-state index in [0.717, 1.165) is 12.1 Å². The Kier molecular flexibility index (Phi) is 3.57. The first-order valence-electron chi connectivity index (χ1n) is 10.4. The van der Waals surface area contributed by atoms with Gasteiger partial charge in [0.1, 0.15) is 0 Å². The van der Waals surface area contributed by atoms with Crippen molar-refractivity contribution in [1.29, 1.82) is 0 Å². The van der Waals surface area contributed by atoms with Crippen LogP contribution in [0, 0.1) is 0 Å². The summed E-state index contributed by atoms with van der Waals surface area (Å²) in [6, 6.07) is 29.0. The minimum Gasteiger partial charge on any atom is -0.256 e. The fourth-order valence-electron chi connectivity index (χ4n) is 4.82. The van der Waals surface area contributed by atoms with Crippen molar-refractivity contribution in [2.24, 2.45) is 0 Å². The molecule has 0 amide bonds. The molecule has 138 valence electrons. The Balaban J connectivity index is 1.66. The van der Waals surface area contributed by atoms with Crippen LogP contribution in [0.3, 0.4) is 0 Å². The highest BCUT2D eigenvalue weighted by molar-refractivity contribution is 6.24. The van der Waals surface area contributed by atoms with Crippen molar-refractivity contribution in [2.75, 3.05) is 0 Å².